The van der Waals surface area contributed by atoms with E-state index in [1.54, 1.807) is 20.8 Å². The molecular weight excluding hydrogens is 548 g/mol. The van der Waals surface area contributed by atoms with E-state index in [0.717, 1.165) is 30.0 Å². The van der Waals surface area contributed by atoms with Crippen molar-refractivity contribution >= 4 is 50.1 Å². The maximum absolute atomic E-state index is 13.6. The molecule has 216 valence electrons. The number of nitrogens with zero attached hydrogens (tertiary/aromatic N) is 3. The molecule has 2 amide bonds. The molecule has 2 aliphatic heterocycles. The van der Waals surface area contributed by atoms with Crippen LogP contribution in [0.5, 0.6) is 0 Å². The number of benzene rings is 2. The molecule has 4 rings (SSSR count). The molecule has 0 aromatic heterocycles. The number of alkyl carbamates (subject to hydrolysis) is 1. The first kappa shape index (κ1) is 29.9. The number of aliphatic imine (C=N–C) groups is 1. The monoisotopic (exact) mass is 586 g/mol. The third kappa shape index (κ3) is 7.37. The van der Waals surface area contributed by atoms with Crippen molar-refractivity contribution in [2.45, 2.75) is 64.0 Å². The van der Waals surface area contributed by atoms with Crippen LogP contribution in [0, 0.1) is 0 Å². The molecule has 2 saturated heterocycles. The molecule has 3 atom stereocenters. The summed E-state index contributed by atoms with van der Waals surface area (Å²) in [5.41, 5.74) is 1.98. The predicted molar refractivity (Wildman–Crippen MR) is 162 cm³/mol. The van der Waals surface area contributed by atoms with E-state index in [9.17, 15) is 18.0 Å². The number of ether oxygens (including phenoxy) is 1. The molecule has 0 saturated carbocycles. The van der Waals surface area contributed by atoms with E-state index in [1.807, 2.05) is 59.5 Å². The summed E-state index contributed by atoms with van der Waals surface area (Å²) in [5.74, 6) is -0.489. The van der Waals surface area contributed by atoms with Gasteiger partial charge in [-0.25, -0.2) is 13.2 Å². The first-order chi connectivity index (χ1) is 18.9. The van der Waals surface area contributed by atoms with Crippen molar-refractivity contribution in [3.63, 3.8) is 0 Å². The summed E-state index contributed by atoms with van der Waals surface area (Å²) in [6.07, 6.45) is -0.465. The largest absolute Gasteiger partial charge is 0.444 e. The molecular formula is C29H38N4O5S2. The highest BCUT2D eigenvalue weighted by Crippen LogP contribution is 2.41. The molecule has 0 aliphatic carbocycles. The summed E-state index contributed by atoms with van der Waals surface area (Å²) in [4.78, 5) is 34.8. The summed E-state index contributed by atoms with van der Waals surface area (Å²) >= 11 is 1.31. The van der Waals surface area contributed by atoms with E-state index >= 15 is 0 Å². The maximum Gasteiger partial charge on any atom is 0.408 e. The third-order valence-corrected chi connectivity index (χ3v) is 10.0. The number of amides is 2. The Bertz CT molecular complexity index is 1340. The Balaban J connectivity index is 1.65. The fraction of sp³-hybridized carbons (Fsp3) is 0.483. The standard InChI is InChI=1S/C29H38N4O5S2/c1-6-32(7-2)21-13-15-22(16-14-21)33-24-18-40(36,37)19-25(24)39-27(33)31-26(34)23(17-20-11-9-8-10-12-20)30-28(35)38-29(3,4)5/h8-16,23-25H,6-7,17-19H2,1-5H3,(H,30,35)/t23-,24+,25-/m0/s1. The van der Waals surface area contributed by atoms with Crippen molar-refractivity contribution in [1.82, 2.24) is 5.32 Å². The van der Waals surface area contributed by atoms with Crippen LogP contribution in [0.3, 0.4) is 0 Å². The molecule has 0 spiro atoms. The van der Waals surface area contributed by atoms with E-state index in [2.05, 4.69) is 29.1 Å². The Labute approximate surface area is 241 Å². The van der Waals surface area contributed by atoms with Crippen LogP contribution in [0.2, 0.25) is 0 Å². The highest BCUT2D eigenvalue weighted by molar-refractivity contribution is 8.16. The number of sulfone groups is 1. The van der Waals surface area contributed by atoms with Gasteiger partial charge >= 0.3 is 6.09 Å². The average Bonchev–Trinajstić information content (AvgIpc) is 3.35. The van der Waals surface area contributed by atoms with E-state index in [4.69, 9.17) is 4.74 Å². The first-order valence-corrected chi connectivity index (χ1v) is 16.3. The predicted octanol–water partition coefficient (Wildman–Crippen LogP) is 4.27. The summed E-state index contributed by atoms with van der Waals surface area (Å²) in [5, 5.41) is 2.91. The smallest absolute Gasteiger partial charge is 0.408 e. The molecule has 9 nitrogen and oxygen atoms in total. The van der Waals surface area contributed by atoms with E-state index < -0.39 is 33.5 Å². The molecule has 0 radical (unpaired) electrons. The number of nitrogens with one attached hydrogen (secondary N) is 1. The molecule has 2 aromatic rings. The molecule has 40 heavy (non-hydrogen) atoms. The SMILES string of the molecule is CCN(CC)c1ccc(N2C(=NC(=O)[C@H](Cc3ccccc3)NC(=O)OC(C)(C)C)S[C@H]3CS(=O)(=O)C[C@H]32)cc1. The minimum absolute atomic E-state index is 0.000718. The van der Waals surface area contributed by atoms with Crippen molar-refractivity contribution in [2.75, 3.05) is 34.4 Å². The number of fused-ring (bicyclic) bond motifs is 1. The second kappa shape index (κ2) is 12.2. The van der Waals surface area contributed by atoms with Crippen LogP contribution in [-0.4, -0.2) is 73.1 Å². The number of amidine groups is 1. The summed E-state index contributed by atoms with van der Waals surface area (Å²) in [7, 11) is -3.20. The highest BCUT2D eigenvalue weighted by Gasteiger charge is 2.49. The van der Waals surface area contributed by atoms with Gasteiger partial charge in [0.05, 0.1) is 17.5 Å². The lowest BCUT2D eigenvalue weighted by Gasteiger charge is -2.27. The van der Waals surface area contributed by atoms with Crippen molar-refractivity contribution in [1.29, 1.82) is 0 Å². The Morgan fingerprint density at radius 2 is 1.73 bits per heavy atom. The molecule has 0 unspecified atom stereocenters. The fourth-order valence-electron chi connectivity index (χ4n) is 4.95. The zero-order chi connectivity index (χ0) is 29.1. The van der Waals surface area contributed by atoms with Gasteiger partial charge in [0.25, 0.3) is 5.91 Å². The number of carbonyl (C=O) groups excluding carboxylic acids is 2. The Hall–Kier alpha value is -3.05. The van der Waals surface area contributed by atoms with Gasteiger partial charge in [-0.3, -0.25) is 4.79 Å². The van der Waals surface area contributed by atoms with Gasteiger partial charge in [0.1, 0.15) is 11.6 Å². The van der Waals surface area contributed by atoms with Gasteiger partial charge in [-0.2, -0.15) is 4.99 Å². The first-order valence-electron chi connectivity index (χ1n) is 13.6. The maximum atomic E-state index is 13.6. The molecule has 2 aromatic carbocycles. The van der Waals surface area contributed by atoms with Gasteiger partial charge in [-0.05, 0) is 64.4 Å². The fourth-order valence-corrected chi connectivity index (χ4v) is 8.87. The Kier molecular flexibility index (Phi) is 9.14. The van der Waals surface area contributed by atoms with E-state index in [-0.39, 0.29) is 29.2 Å². The number of anilines is 2. The van der Waals surface area contributed by atoms with Gasteiger partial charge < -0.3 is 19.9 Å². The molecule has 2 fully saturated rings. The van der Waals surface area contributed by atoms with Crippen LogP contribution in [0.25, 0.3) is 0 Å². The second-order valence-electron chi connectivity index (χ2n) is 11.0. The number of thioether (sulfide) groups is 1. The van der Waals surface area contributed by atoms with Gasteiger partial charge in [-0.1, -0.05) is 42.1 Å². The van der Waals surface area contributed by atoms with Crippen LogP contribution < -0.4 is 15.1 Å². The minimum Gasteiger partial charge on any atom is -0.444 e. The molecule has 11 heteroatoms. The van der Waals surface area contributed by atoms with Crippen LogP contribution in [0.15, 0.2) is 59.6 Å². The zero-order valence-electron chi connectivity index (χ0n) is 23.7. The minimum atomic E-state index is -3.20. The zero-order valence-corrected chi connectivity index (χ0v) is 25.3. The van der Waals surface area contributed by atoms with Gasteiger partial charge in [0.2, 0.25) is 0 Å². The highest BCUT2D eigenvalue weighted by atomic mass is 32.2. The van der Waals surface area contributed by atoms with Gasteiger partial charge in [-0.15, -0.1) is 0 Å². The van der Waals surface area contributed by atoms with Crippen molar-refractivity contribution in [3.8, 4) is 0 Å². The van der Waals surface area contributed by atoms with Crippen molar-refractivity contribution < 1.29 is 22.7 Å². The van der Waals surface area contributed by atoms with Crippen molar-refractivity contribution in [2.24, 2.45) is 4.99 Å². The lowest BCUT2D eigenvalue weighted by Crippen LogP contribution is -2.45. The van der Waals surface area contributed by atoms with Crippen LogP contribution in [-0.2, 0) is 25.8 Å². The van der Waals surface area contributed by atoms with Gasteiger partial charge in [0.15, 0.2) is 15.0 Å². The number of carbonyl (C=O) groups is 2. The number of hydrogen-bond donors (Lipinski definition) is 1. The lowest BCUT2D eigenvalue weighted by atomic mass is 10.1. The molecule has 0 bridgehead atoms. The summed E-state index contributed by atoms with van der Waals surface area (Å²) in [6.45, 7) is 11.2. The quantitative estimate of drug-likeness (QED) is 0.489. The van der Waals surface area contributed by atoms with Crippen LogP contribution in [0.1, 0.15) is 40.2 Å². The van der Waals surface area contributed by atoms with Crippen molar-refractivity contribution in [3.05, 3.63) is 60.2 Å². The Morgan fingerprint density at radius 1 is 1.07 bits per heavy atom. The Morgan fingerprint density at radius 3 is 2.33 bits per heavy atom. The molecule has 2 aliphatic rings. The van der Waals surface area contributed by atoms with E-state index in [0.29, 0.717) is 5.17 Å². The van der Waals surface area contributed by atoms with E-state index in [1.165, 1.54) is 11.8 Å². The third-order valence-electron chi connectivity index (χ3n) is 6.80. The van der Waals surface area contributed by atoms with Crippen LogP contribution in [0.4, 0.5) is 16.2 Å². The van der Waals surface area contributed by atoms with Crippen LogP contribution >= 0.6 is 11.8 Å². The summed E-state index contributed by atoms with van der Waals surface area (Å²) in [6, 6.07) is 16.0. The topological polar surface area (TPSA) is 108 Å². The normalized spacial score (nSPS) is 21.6. The average molecular weight is 587 g/mol. The lowest BCUT2D eigenvalue weighted by molar-refractivity contribution is -0.119. The second-order valence-corrected chi connectivity index (χ2v) is 14.3. The molecule has 1 N–H and O–H groups in total. The van der Waals surface area contributed by atoms with Gasteiger partial charge in [0, 0.05) is 36.1 Å². The number of rotatable bonds is 8. The summed E-state index contributed by atoms with van der Waals surface area (Å²) < 4.78 is 30.4. The molecule has 2 heterocycles. The number of hydrogen-bond acceptors (Lipinski definition) is 7.